The van der Waals surface area contributed by atoms with Crippen LogP contribution < -0.4 is 0 Å². The van der Waals surface area contributed by atoms with Crippen LogP contribution in [0.15, 0.2) is 0 Å². The summed E-state index contributed by atoms with van der Waals surface area (Å²) >= 11 is 0. The first-order valence-corrected chi connectivity index (χ1v) is 4.81. The Morgan fingerprint density at radius 1 is 1.31 bits per heavy atom. The van der Waals surface area contributed by atoms with Gasteiger partial charge in [0.1, 0.15) is 0 Å². The second-order valence-corrected chi connectivity index (χ2v) is 3.95. The highest BCUT2D eigenvalue weighted by molar-refractivity contribution is 5.23. The van der Waals surface area contributed by atoms with Crippen molar-refractivity contribution in [3.05, 3.63) is 17.0 Å². The first-order chi connectivity index (χ1) is 6.11. The van der Waals surface area contributed by atoms with Gasteiger partial charge in [0.05, 0.1) is 17.8 Å². The number of rotatable bonds is 1. The van der Waals surface area contributed by atoms with E-state index in [9.17, 15) is 5.11 Å². The molecule has 1 aromatic rings. The van der Waals surface area contributed by atoms with Crippen LogP contribution in [-0.4, -0.2) is 21.0 Å². The normalized spacial score (nSPS) is 27.4. The molecule has 1 N–H and O–H groups in total. The third kappa shape index (κ3) is 1.18. The van der Waals surface area contributed by atoms with Crippen LogP contribution >= 0.6 is 0 Å². The third-order valence-electron chi connectivity index (χ3n) is 3.20. The average molecular weight is 180 g/mol. The lowest BCUT2D eigenvalue weighted by atomic mass is 9.89. The van der Waals surface area contributed by atoms with Crippen molar-refractivity contribution >= 4 is 0 Å². The summed E-state index contributed by atoms with van der Waals surface area (Å²) in [5, 5.41) is 14.0. The Balaban J connectivity index is 2.35. The molecular formula is C10H16N2O. The maximum Gasteiger partial charge on any atom is 0.0782 e. The van der Waals surface area contributed by atoms with Crippen LogP contribution in [0.3, 0.4) is 0 Å². The molecule has 1 heterocycles. The van der Waals surface area contributed by atoms with Gasteiger partial charge in [-0.15, -0.1) is 0 Å². The summed E-state index contributed by atoms with van der Waals surface area (Å²) < 4.78 is 1.98. The van der Waals surface area contributed by atoms with Crippen molar-refractivity contribution < 1.29 is 5.11 Å². The highest BCUT2D eigenvalue weighted by Crippen LogP contribution is 2.33. The van der Waals surface area contributed by atoms with E-state index >= 15 is 0 Å². The van der Waals surface area contributed by atoms with Crippen molar-refractivity contribution in [2.75, 3.05) is 0 Å². The lowest BCUT2D eigenvalue weighted by Crippen LogP contribution is -2.34. The fourth-order valence-corrected chi connectivity index (χ4v) is 1.82. The molecule has 2 atom stereocenters. The topological polar surface area (TPSA) is 38.0 Å². The van der Waals surface area contributed by atoms with E-state index in [1.807, 2.05) is 11.6 Å². The van der Waals surface area contributed by atoms with Crippen molar-refractivity contribution in [2.45, 2.75) is 45.8 Å². The molecule has 1 aliphatic carbocycles. The Bertz CT molecular complexity index is 330. The Morgan fingerprint density at radius 3 is 2.31 bits per heavy atom. The molecule has 0 bridgehead atoms. The Kier molecular flexibility index (Phi) is 1.91. The minimum absolute atomic E-state index is 0.183. The zero-order valence-electron chi connectivity index (χ0n) is 8.41. The highest BCUT2D eigenvalue weighted by Gasteiger charge is 2.32. The number of hydrogen-bond donors (Lipinski definition) is 1. The van der Waals surface area contributed by atoms with Gasteiger partial charge in [-0.2, -0.15) is 5.10 Å². The third-order valence-corrected chi connectivity index (χ3v) is 3.20. The highest BCUT2D eigenvalue weighted by atomic mass is 16.3. The molecule has 0 unspecified atom stereocenters. The van der Waals surface area contributed by atoms with Gasteiger partial charge in [0.25, 0.3) is 0 Å². The van der Waals surface area contributed by atoms with E-state index in [1.165, 1.54) is 11.3 Å². The molecular weight excluding hydrogens is 164 g/mol. The summed E-state index contributed by atoms with van der Waals surface area (Å²) in [6.07, 6.45) is 1.79. The molecule has 0 radical (unpaired) electrons. The van der Waals surface area contributed by atoms with Crippen molar-refractivity contribution in [3.8, 4) is 0 Å². The van der Waals surface area contributed by atoms with E-state index in [-0.39, 0.29) is 12.1 Å². The van der Waals surface area contributed by atoms with Crippen LogP contribution in [0.4, 0.5) is 0 Å². The van der Waals surface area contributed by atoms with E-state index < -0.39 is 0 Å². The molecule has 2 rings (SSSR count). The predicted molar refractivity (Wildman–Crippen MR) is 50.7 cm³/mol. The van der Waals surface area contributed by atoms with Crippen molar-refractivity contribution in [1.29, 1.82) is 0 Å². The number of aliphatic hydroxyl groups is 1. The fourth-order valence-electron chi connectivity index (χ4n) is 1.82. The lowest BCUT2D eigenvalue weighted by molar-refractivity contribution is 0.0242. The molecule has 3 nitrogen and oxygen atoms in total. The summed E-state index contributed by atoms with van der Waals surface area (Å²) in [5.74, 6) is 0. The Hall–Kier alpha value is -0.830. The first-order valence-electron chi connectivity index (χ1n) is 4.81. The van der Waals surface area contributed by atoms with Gasteiger partial charge in [-0.3, -0.25) is 4.68 Å². The minimum atomic E-state index is -0.183. The Labute approximate surface area is 78.4 Å². The molecule has 0 amide bonds. The zero-order chi connectivity index (χ0) is 9.59. The maximum atomic E-state index is 9.52. The smallest absolute Gasteiger partial charge is 0.0782 e. The SMILES string of the molecule is Cc1nn([C@@H]2CC[C@H]2O)c(C)c1C. The largest absolute Gasteiger partial charge is 0.391 e. The average Bonchev–Trinajstić information content (AvgIpc) is 2.32. The van der Waals surface area contributed by atoms with Gasteiger partial charge in [0.15, 0.2) is 0 Å². The molecule has 1 aliphatic rings. The number of aliphatic hydroxyl groups excluding tert-OH is 1. The fraction of sp³-hybridized carbons (Fsp3) is 0.700. The van der Waals surface area contributed by atoms with Gasteiger partial charge in [0, 0.05) is 5.69 Å². The van der Waals surface area contributed by atoms with Gasteiger partial charge in [-0.05, 0) is 39.2 Å². The predicted octanol–water partition coefficient (Wildman–Crippen LogP) is 1.50. The van der Waals surface area contributed by atoms with Crippen LogP contribution in [0, 0.1) is 20.8 Å². The first kappa shape index (κ1) is 8.75. The molecule has 0 aromatic carbocycles. The van der Waals surface area contributed by atoms with Gasteiger partial charge in [-0.25, -0.2) is 0 Å². The van der Waals surface area contributed by atoms with Crippen LogP contribution in [0.5, 0.6) is 0 Å². The summed E-state index contributed by atoms with van der Waals surface area (Å²) in [5.41, 5.74) is 3.52. The van der Waals surface area contributed by atoms with E-state index in [4.69, 9.17) is 0 Å². The van der Waals surface area contributed by atoms with E-state index in [2.05, 4.69) is 18.9 Å². The summed E-state index contributed by atoms with van der Waals surface area (Å²) in [6.45, 7) is 6.17. The number of aromatic nitrogens is 2. The van der Waals surface area contributed by atoms with Gasteiger partial charge < -0.3 is 5.11 Å². The second-order valence-electron chi connectivity index (χ2n) is 3.95. The van der Waals surface area contributed by atoms with Crippen LogP contribution in [0.25, 0.3) is 0 Å². The van der Waals surface area contributed by atoms with Crippen LogP contribution in [0.1, 0.15) is 35.8 Å². The molecule has 3 heteroatoms. The quantitative estimate of drug-likeness (QED) is 0.711. The maximum absolute atomic E-state index is 9.52. The van der Waals surface area contributed by atoms with Gasteiger partial charge >= 0.3 is 0 Å². The standard InChI is InChI=1S/C10H16N2O/c1-6-7(2)11-12(8(6)3)9-4-5-10(9)13/h9-10,13H,4-5H2,1-3H3/t9-,10-/m1/s1. The van der Waals surface area contributed by atoms with Crippen molar-refractivity contribution in [1.82, 2.24) is 9.78 Å². The summed E-state index contributed by atoms with van der Waals surface area (Å²) in [7, 11) is 0. The zero-order valence-corrected chi connectivity index (χ0v) is 8.41. The minimum Gasteiger partial charge on any atom is -0.391 e. The monoisotopic (exact) mass is 180 g/mol. The van der Waals surface area contributed by atoms with Crippen molar-refractivity contribution in [2.24, 2.45) is 0 Å². The number of nitrogens with zero attached hydrogens (tertiary/aromatic N) is 2. The molecule has 1 saturated carbocycles. The molecule has 13 heavy (non-hydrogen) atoms. The van der Waals surface area contributed by atoms with Gasteiger partial charge in [-0.1, -0.05) is 0 Å². The van der Waals surface area contributed by atoms with E-state index in [0.29, 0.717) is 0 Å². The lowest BCUT2D eigenvalue weighted by Gasteiger charge is -2.33. The molecule has 0 saturated heterocycles. The van der Waals surface area contributed by atoms with Crippen molar-refractivity contribution in [3.63, 3.8) is 0 Å². The molecule has 0 aliphatic heterocycles. The van der Waals surface area contributed by atoms with Crippen LogP contribution in [0.2, 0.25) is 0 Å². The molecule has 1 fully saturated rings. The van der Waals surface area contributed by atoms with Gasteiger partial charge in [0.2, 0.25) is 0 Å². The molecule has 0 spiro atoms. The Morgan fingerprint density at radius 2 is 2.00 bits per heavy atom. The summed E-state index contributed by atoms with van der Waals surface area (Å²) in [4.78, 5) is 0. The number of aryl methyl sites for hydroxylation is 1. The van der Waals surface area contributed by atoms with E-state index in [0.717, 1.165) is 18.5 Å². The second kappa shape index (κ2) is 2.84. The molecule has 72 valence electrons. The number of hydrogen-bond acceptors (Lipinski definition) is 2. The molecule has 1 aromatic heterocycles. The van der Waals surface area contributed by atoms with E-state index in [1.54, 1.807) is 0 Å². The van der Waals surface area contributed by atoms with Crippen LogP contribution in [-0.2, 0) is 0 Å². The summed E-state index contributed by atoms with van der Waals surface area (Å²) in [6, 6.07) is 0.229.